The van der Waals surface area contributed by atoms with Crippen molar-refractivity contribution in [1.29, 1.82) is 0 Å². The third-order valence-electron chi connectivity index (χ3n) is 6.51. The molecule has 4 nitrogen and oxygen atoms in total. The zero-order chi connectivity index (χ0) is 15.3. The van der Waals surface area contributed by atoms with Gasteiger partial charge in [0.25, 0.3) is 0 Å². The largest absolute Gasteiger partial charge is 0.481 e. The number of carboxylic acid groups (broad SMARTS) is 1. The van der Waals surface area contributed by atoms with E-state index in [1.807, 2.05) is 12.2 Å². The highest BCUT2D eigenvalue weighted by molar-refractivity contribution is 5.85. The van der Waals surface area contributed by atoms with Gasteiger partial charge in [-0.05, 0) is 69.1 Å². The molecule has 4 bridgehead atoms. The molecule has 0 spiro atoms. The van der Waals surface area contributed by atoms with Crippen molar-refractivity contribution in [2.75, 3.05) is 0 Å². The summed E-state index contributed by atoms with van der Waals surface area (Å²) in [5.41, 5.74) is -0.0178. The molecular formula is C18H25NO3. The summed E-state index contributed by atoms with van der Waals surface area (Å²) in [4.78, 5) is 24.2. The fourth-order valence-corrected chi connectivity index (χ4v) is 5.99. The number of carbonyl (C=O) groups excluding carboxylic acids is 1. The summed E-state index contributed by atoms with van der Waals surface area (Å²) in [6.07, 6.45) is 12.3. The van der Waals surface area contributed by atoms with Crippen LogP contribution in [-0.4, -0.2) is 22.5 Å². The van der Waals surface area contributed by atoms with E-state index in [1.165, 1.54) is 19.3 Å². The molecule has 2 atom stereocenters. The smallest absolute Gasteiger partial charge is 0.307 e. The van der Waals surface area contributed by atoms with E-state index < -0.39 is 17.8 Å². The molecule has 2 unspecified atom stereocenters. The lowest BCUT2D eigenvalue weighted by Crippen LogP contribution is -2.61. The summed E-state index contributed by atoms with van der Waals surface area (Å²) < 4.78 is 0. The zero-order valence-corrected chi connectivity index (χ0v) is 13.0. The van der Waals surface area contributed by atoms with E-state index in [4.69, 9.17) is 0 Å². The Morgan fingerprint density at radius 3 is 1.91 bits per heavy atom. The van der Waals surface area contributed by atoms with Gasteiger partial charge in [0.1, 0.15) is 0 Å². The van der Waals surface area contributed by atoms with Crippen LogP contribution in [0.25, 0.3) is 0 Å². The van der Waals surface area contributed by atoms with Gasteiger partial charge >= 0.3 is 5.97 Å². The lowest BCUT2D eigenvalue weighted by atomic mass is 9.53. The highest BCUT2D eigenvalue weighted by atomic mass is 16.4. The molecule has 4 saturated carbocycles. The summed E-state index contributed by atoms with van der Waals surface area (Å²) in [6, 6.07) is 0. The monoisotopic (exact) mass is 303 g/mol. The highest BCUT2D eigenvalue weighted by Gasteiger charge is 2.52. The lowest BCUT2D eigenvalue weighted by molar-refractivity contribution is -0.148. The minimum absolute atomic E-state index is 0.0151. The van der Waals surface area contributed by atoms with E-state index in [-0.39, 0.29) is 11.4 Å². The SMILES string of the molecule is O=C(O)C1CC=CCC1C(=O)NC12CC3CC(CC(C3)C1)C2. The lowest BCUT2D eigenvalue weighted by Gasteiger charge is -2.57. The molecule has 0 heterocycles. The molecule has 4 fully saturated rings. The summed E-state index contributed by atoms with van der Waals surface area (Å²) in [7, 11) is 0. The first-order valence-corrected chi connectivity index (χ1v) is 8.74. The number of amides is 1. The standard InChI is InChI=1S/C18H25NO3/c20-16(14-3-1-2-4-15(14)17(21)22)19-18-8-11-5-12(9-18)7-13(6-11)10-18/h1-2,11-15H,3-10H2,(H,19,20)(H,21,22). The summed E-state index contributed by atoms with van der Waals surface area (Å²) in [5.74, 6) is 0.553. The summed E-state index contributed by atoms with van der Waals surface area (Å²) >= 11 is 0. The van der Waals surface area contributed by atoms with Crippen molar-refractivity contribution in [2.45, 2.75) is 56.9 Å². The summed E-state index contributed by atoms with van der Waals surface area (Å²) in [6.45, 7) is 0. The van der Waals surface area contributed by atoms with Gasteiger partial charge < -0.3 is 10.4 Å². The van der Waals surface area contributed by atoms with E-state index >= 15 is 0 Å². The first kappa shape index (κ1) is 14.3. The minimum Gasteiger partial charge on any atom is -0.481 e. The Bertz CT molecular complexity index is 489. The van der Waals surface area contributed by atoms with Crippen LogP contribution in [0.5, 0.6) is 0 Å². The molecule has 0 saturated heterocycles. The average Bonchev–Trinajstić information content (AvgIpc) is 2.45. The van der Waals surface area contributed by atoms with Crippen LogP contribution in [0.4, 0.5) is 0 Å². The number of aliphatic carboxylic acids is 1. The number of hydrogen-bond donors (Lipinski definition) is 2. The van der Waals surface area contributed by atoms with E-state index in [0.717, 1.165) is 37.0 Å². The zero-order valence-electron chi connectivity index (χ0n) is 13.0. The Kier molecular flexibility index (Phi) is 3.31. The maximum Gasteiger partial charge on any atom is 0.307 e. The fraction of sp³-hybridized carbons (Fsp3) is 0.778. The van der Waals surface area contributed by atoms with Crippen LogP contribution < -0.4 is 5.32 Å². The van der Waals surface area contributed by atoms with Crippen LogP contribution in [0.1, 0.15) is 51.4 Å². The number of carbonyl (C=O) groups is 2. The van der Waals surface area contributed by atoms with Crippen molar-refractivity contribution in [3.05, 3.63) is 12.2 Å². The molecule has 0 aromatic heterocycles. The number of carboxylic acids is 1. The molecule has 1 amide bonds. The van der Waals surface area contributed by atoms with Gasteiger partial charge in [-0.15, -0.1) is 0 Å². The van der Waals surface area contributed by atoms with Crippen molar-refractivity contribution < 1.29 is 14.7 Å². The van der Waals surface area contributed by atoms with Crippen molar-refractivity contribution in [2.24, 2.45) is 29.6 Å². The maximum atomic E-state index is 12.8. The molecule has 4 heteroatoms. The van der Waals surface area contributed by atoms with Crippen LogP contribution in [0, 0.1) is 29.6 Å². The molecule has 0 aliphatic heterocycles. The molecule has 5 aliphatic rings. The van der Waals surface area contributed by atoms with E-state index in [0.29, 0.717) is 12.8 Å². The third-order valence-corrected chi connectivity index (χ3v) is 6.51. The van der Waals surface area contributed by atoms with Crippen LogP contribution in [-0.2, 0) is 9.59 Å². The number of allylic oxidation sites excluding steroid dienone is 2. The molecule has 22 heavy (non-hydrogen) atoms. The van der Waals surface area contributed by atoms with Gasteiger partial charge in [0.2, 0.25) is 5.91 Å². The molecule has 0 aromatic rings. The topological polar surface area (TPSA) is 66.4 Å². The Morgan fingerprint density at radius 1 is 0.909 bits per heavy atom. The average molecular weight is 303 g/mol. The first-order chi connectivity index (χ1) is 10.5. The van der Waals surface area contributed by atoms with Crippen molar-refractivity contribution in [3.8, 4) is 0 Å². The molecule has 5 rings (SSSR count). The van der Waals surface area contributed by atoms with Crippen LogP contribution in [0.15, 0.2) is 12.2 Å². The van der Waals surface area contributed by atoms with Gasteiger partial charge in [-0.3, -0.25) is 9.59 Å². The number of rotatable bonds is 3. The fourth-order valence-electron chi connectivity index (χ4n) is 5.99. The third kappa shape index (κ3) is 2.37. The molecule has 0 aromatic carbocycles. The normalized spacial score (nSPS) is 45.7. The van der Waals surface area contributed by atoms with E-state index in [1.54, 1.807) is 0 Å². The number of nitrogens with one attached hydrogen (secondary N) is 1. The molecular weight excluding hydrogens is 278 g/mol. The van der Waals surface area contributed by atoms with E-state index in [2.05, 4.69) is 5.32 Å². The number of hydrogen-bond acceptors (Lipinski definition) is 2. The van der Waals surface area contributed by atoms with Crippen LogP contribution in [0.2, 0.25) is 0 Å². The molecule has 0 radical (unpaired) electrons. The first-order valence-electron chi connectivity index (χ1n) is 8.74. The Balaban J connectivity index is 1.49. The van der Waals surface area contributed by atoms with Gasteiger partial charge in [-0.1, -0.05) is 12.2 Å². The van der Waals surface area contributed by atoms with Gasteiger partial charge in [0.15, 0.2) is 0 Å². The van der Waals surface area contributed by atoms with Crippen LogP contribution >= 0.6 is 0 Å². The Labute approximate surface area is 131 Å². The van der Waals surface area contributed by atoms with Crippen molar-refractivity contribution in [3.63, 3.8) is 0 Å². The second-order valence-corrected chi connectivity index (χ2v) is 8.18. The predicted molar refractivity (Wildman–Crippen MR) is 82.0 cm³/mol. The maximum absolute atomic E-state index is 12.8. The quantitative estimate of drug-likeness (QED) is 0.788. The highest BCUT2D eigenvalue weighted by Crippen LogP contribution is 2.55. The molecule has 5 aliphatic carbocycles. The molecule has 2 N–H and O–H groups in total. The van der Waals surface area contributed by atoms with Gasteiger partial charge in [0.05, 0.1) is 11.8 Å². The summed E-state index contributed by atoms with van der Waals surface area (Å²) in [5, 5.41) is 12.7. The second-order valence-electron chi connectivity index (χ2n) is 8.18. The van der Waals surface area contributed by atoms with Crippen molar-refractivity contribution >= 4 is 11.9 Å². The van der Waals surface area contributed by atoms with E-state index in [9.17, 15) is 14.7 Å². The van der Waals surface area contributed by atoms with Crippen molar-refractivity contribution in [1.82, 2.24) is 5.32 Å². The Hall–Kier alpha value is -1.32. The Morgan fingerprint density at radius 2 is 1.41 bits per heavy atom. The van der Waals surface area contributed by atoms with Gasteiger partial charge in [0, 0.05) is 5.54 Å². The van der Waals surface area contributed by atoms with Gasteiger partial charge in [-0.2, -0.15) is 0 Å². The predicted octanol–water partition coefficient (Wildman–Crippen LogP) is 2.74. The second kappa shape index (κ2) is 5.10. The molecule has 120 valence electrons. The van der Waals surface area contributed by atoms with Crippen LogP contribution in [0.3, 0.4) is 0 Å². The minimum atomic E-state index is -0.838. The van der Waals surface area contributed by atoms with Gasteiger partial charge in [-0.25, -0.2) is 0 Å².